The van der Waals surface area contributed by atoms with Crippen LogP contribution in [0.25, 0.3) is 0 Å². The minimum atomic E-state index is -0.935. The van der Waals surface area contributed by atoms with Crippen LogP contribution < -0.4 is 27.0 Å². The Morgan fingerprint density at radius 1 is 1.00 bits per heavy atom. The molecule has 0 bridgehead atoms. The van der Waals surface area contributed by atoms with Gasteiger partial charge in [-0.15, -0.1) is 0 Å². The molecule has 3 rings (SSSR count). The molecule has 40 heavy (non-hydrogen) atoms. The van der Waals surface area contributed by atoms with Crippen molar-refractivity contribution >= 4 is 29.6 Å². The van der Waals surface area contributed by atoms with E-state index < -0.39 is 36.0 Å². The summed E-state index contributed by atoms with van der Waals surface area (Å²) in [6, 6.07) is 4.15. The molecule has 220 valence electrons. The molecule has 0 heterocycles. The molecule has 2 unspecified atom stereocenters. The van der Waals surface area contributed by atoms with Crippen LogP contribution in [0.2, 0.25) is 0 Å². The van der Waals surface area contributed by atoms with E-state index in [2.05, 4.69) is 33.4 Å². The fraction of sp³-hybridized carbons (Fsp3) is 0.586. The molecule has 11 nitrogen and oxygen atoms in total. The van der Waals surface area contributed by atoms with E-state index in [9.17, 15) is 24.3 Å². The Hall–Kier alpha value is -3.60. The molecule has 1 aromatic carbocycles. The molecule has 1 aromatic rings. The zero-order valence-electron chi connectivity index (χ0n) is 23.4. The summed E-state index contributed by atoms with van der Waals surface area (Å²) in [4.78, 5) is 50.0. The molecule has 11 heteroatoms. The van der Waals surface area contributed by atoms with E-state index in [4.69, 9.17) is 10.5 Å². The average Bonchev–Trinajstić information content (AvgIpc) is 3.56. The number of carbonyl (C=O) groups is 4. The standard InChI is InChI=1S/C29H43N5O6/c1-18(2)25(34-29(39)40-17-23-21-8-5-3-4-6-9-22(21)23)27(37)33-24(10-7-15-31-28(30)38)26(36)32-20-13-11-19(16-35)12-14-20/h3-4,11-14,18,21-25,35H,5-10,15-17H2,1-2H3,(H,32,36)(H,33,37)(H,34,39)(H3,30,31,38)/b4-3-/t21-,22?,23-,24?,25-/m0/s1. The van der Waals surface area contributed by atoms with Crippen LogP contribution in [0.5, 0.6) is 0 Å². The van der Waals surface area contributed by atoms with Crippen LogP contribution in [0.1, 0.15) is 57.9 Å². The van der Waals surface area contributed by atoms with Gasteiger partial charge in [0.15, 0.2) is 0 Å². The van der Waals surface area contributed by atoms with Gasteiger partial charge in [0.1, 0.15) is 12.1 Å². The molecule has 1 fully saturated rings. The number of anilines is 1. The van der Waals surface area contributed by atoms with E-state index in [1.54, 1.807) is 38.1 Å². The maximum atomic E-state index is 13.3. The quantitative estimate of drug-likeness (QED) is 0.161. The number of aliphatic hydroxyl groups is 1. The molecule has 7 N–H and O–H groups in total. The van der Waals surface area contributed by atoms with Crippen LogP contribution in [-0.2, 0) is 20.9 Å². The predicted molar refractivity (Wildman–Crippen MR) is 151 cm³/mol. The van der Waals surface area contributed by atoms with E-state index in [1.807, 2.05) is 0 Å². The van der Waals surface area contributed by atoms with E-state index >= 15 is 0 Å². The minimum Gasteiger partial charge on any atom is -0.449 e. The molecule has 0 spiro atoms. The van der Waals surface area contributed by atoms with Gasteiger partial charge in [-0.3, -0.25) is 9.59 Å². The molecular weight excluding hydrogens is 514 g/mol. The Morgan fingerprint density at radius 2 is 1.65 bits per heavy atom. The van der Waals surface area contributed by atoms with Gasteiger partial charge in [-0.25, -0.2) is 9.59 Å². The monoisotopic (exact) mass is 557 g/mol. The van der Waals surface area contributed by atoms with Gasteiger partial charge in [0.2, 0.25) is 11.8 Å². The first-order valence-electron chi connectivity index (χ1n) is 14.1. The van der Waals surface area contributed by atoms with E-state index in [-0.39, 0.29) is 25.5 Å². The number of hydrogen-bond acceptors (Lipinski definition) is 6. The van der Waals surface area contributed by atoms with Crippen LogP contribution in [0.15, 0.2) is 36.4 Å². The normalized spacial score (nSPS) is 21.9. The number of benzene rings is 1. The number of nitrogens with two attached hydrogens (primary N) is 1. The van der Waals surface area contributed by atoms with Gasteiger partial charge in [-0.1, -0.05) is 38.1 Å². The molecule has 0 saturated heterocycles. The van der Waals surface area contributed by atoms with Gasteiger partial charge < -0.3 is 36.8 Å². The summed E-state index contributed by atoms with van der Waals surface area (Å²) in [6.07, 6.45) is 8.73. The van der Waals surface area contributed by atoms with Crippen LogP contribution in [0.4, 0.5) is 15.3 Å². The van der Waals surface area contributed by atoms with E-state index in [1.165, 1.54) is 0 Å². The molecular formula is C29H43N5O6. The average molecular weight is 558 g/mol. The van der Waals surface area contributed by atoms with Gasteiger partial charge >= 0.3 is 12.1 Å². The summed E-state index contributed by atoms with van der Waals surface area (Å²) in [6.45, 7) is 4.05. The number of carbonyl (C=O) groups excluding carboxylic acids is 4. The number of alkyl carbamates (subject to hydrolysis) is 1. The first-order valence-corrected chi connectivity index (χ1v) is 14.1. The van der Waals surface area contributed by atoms with E-state index in [0.717, 1.165) is 25.7 Å². The van der Waals surface area contributed by atoms with Gasteiger partial charge in [0, 0.05) is 12.2 Å². The number of urea groups is 1. The molecule has 5 amide bonds. The second-order valence-corrected chi connectivity index (χ2v) is 10.9. The molecule has 0 radical (unpaired) electrons. The summed E-state index contributed by atoms with van der Waals surface area (Å²) >= 11 is 0. The number of ether oxygens (including phenoxy) is 1. The van der Waals surface area contributed by atoms with Gasteiger partial charge in [0.05, 0.1) is 13.2 Å². The lowest BCUT2D eigenvalue weighted by atomic mass is 10.0. The summed E-state index contributed by atoms with van der Waals surface area (Å²) in [5.74, 6) is 0.317. The lowest BCUT2D eigenvalue weighted by molar-refractivity contribution is -0.128. The van der Waals surface area contributed by atoms with Crippen molar-refractivity contribution in [3.63, 3.8) is 0 Å². The van der Waals surface area contributed by atoms with Crippen molar-refractivity contribution in [3.05, 3.63) is 42.0 Å². The second kappa shape index (κ2) is 15.3. The van der Waals surface area contributed by atoms with Gasteiger partial charge in [-0.05, 0) is 79.9 Å². The first-order chi connectivity index (χ1) is 19.2. The van der Waals surface area contributed by atoms with Crippen molar-refractivity contribution in [1.29, 1.82) is 0 Å². The maximum Gasteiger partial charge on any atom is 0.407 e. The number of amides is 5. The van der Waals surface area contributed by atoms with Crippen LogP contribution in [-0.4, -0.2) is 54.3 Å². The molecule has 0 aliphatic heterocycles. The zero-order chi connectivity index (χ0) is 29.1. The lowest BCUT2D eigenvalue weighted by Crippen LogP contribution is -2.54. The Kier molecular flexibility index (Phi) is 11.8. The molecule has 2 aliphatic rings. The first kappa shape index (κ1) is 30.9. The highest BCUT2D eigenvalue weighted by Crippen LogP contribution is 2.52. The molecule has 0 aromatic heterocycles. The number of primary amides is 1. The number of aliphatic hydroxyl groups excluding tert-OH is 1. The van der Waals surface area contributed by atoms with Crippen LogP contribution in [0.3, 0.4) is 0 Å². The third-order valence-corrected chi connectivity index (χ3v) is 7.64. The summed E-state index contributed by atoms with van der Waals surface area (Å²) < 4.78 is 5.52. The van der Waals surface area contributed by atoms with Crippen LogP contribution in [0, 0.1) is 23.7 Å². The van der Waals surface area contributed by atoms with Crippen molar-refractivity contribution in [1.82, 2.24) is 16.0 Å². The fourth-order valence-corrected chi connectivity index (χ4v) is 5.29. The number of allylic oxidation sites excluding steroid dienone is 2. The number of nitrogens with one attached hydrogen (secondary N) is 4. The van der Waals surface area contributed by atoms with Gasteiger partial charge in [0.25, 0.3) is 0 Å². The Balaban J connectivity index is 1.56. The molecule has 5 atom stereocenters. The SMILES string of the molecule is CC(C)[C@H](NC(=O)OC[C@@H]1C2CC/C=C\CC[C@@H]21)C(=O)NC(CCCNC(N)=O)C(=O)Nc1ccc(CO)cc1. The van der Waals surface area contributed by atoms with Crippen molar-refractivity contribution < 1.29 is 29.0 Å². The van der Waals surface area contributed by atoms with E-state index in [0.29, 0.717) is 42.0 Å². The zero-order valence-corrected chi connectivity index (χ0v) is 23.4. The Morgan fingerprint density at radius 3 is 2.23 bits per heavy atom. The van der Waals surface area contributed by atoms with Crippen molar-refractivity contribution in [2.45, 2.75) is 71.1 Å². The summed E-state index contributed by atoms with van der Waals surface area (Å²) in [5.41, 5.74) is 6.32. The molecule has 1 saturated carbocycles. The third-order valence-electron chi connectivity index (χ3n) is 7.64. The Labute approximate surface area is 235 Å². The lowest BCUT2D eigenvalue weighted by Gasteiger charge is -2.25. The third kappa shape index (κ3) is 9.55. The highest BCUT2D eigenvalue weighted by molar-refractivity contribution is 5.98. The highest BCUT2D eigenvalue weighted by Gasteiger charge is 2.49. The molecule has 2 aliphatic carbocycles. The Bertz CT molecular complexity index is 1030. The number of fused-ring (bicyclic) bond motifs is 1. The number of hydrogen-bond donors (Lipinski definition) is 6. The number of rotatable bonds is 13. The largest absolute Gasteiger partial charge is 0.449 e. The van der Waals surface area contributed by atoms with Crippen molar-refractivity contribution in [3.8, 4) is 0 Å². The second-order valence-electron chi connectivity index (χ2n) is 10.9. The highest BCUT2D eigenvalue weighted by atomic mass is 16.5. The van der Waals surface area contributed by atoms with Gasteiger partial charge in [-0.2, -0.15) is 0 Å². The summed E-state index contributed by atoms with van der Waals surface area (Å²) in [5, 5.41) is 19.9. The minimum absolute atomic E-state index is 0.120. The smallest absolute Gasteiger partial charge is 0.407 e. The predicted octanol–water partition coefficient (Wildman–Crippen LogP) is 2.79. The fourth-order valence-electron chi connectivity index (χ4n) is 5.29. The van der Waals surface area contributed by atoms with Crippen molar-refractivity contribution in [2.75, 3.05) is 18.5 Å². The van der Waals surface area contributed by atoms with Crippen LogP contribution >= 0.6 is 0 Å². The topological polar surface area (TPSA) is 172 Å². The van der Waals surface area contributed by atoms with Crippen molar-refractivity contribution in [2.24, 2.45) is 29.4 Å². The summed E-state index contributed by atoms with van der Waals surface area (Å²) in [7, 11) is 0. The maximum absolute atomic E-state index is 13.3.